The van der Waals surface area contributed by atoms with E-state index in [-0.39, 0.29) is 0 Å². The monoisotopic (exact) mass is 283 g/mol. The highest BCUT2D eigenvalue weighted by molar-refractivity contribution is 7.16. The fourth-order valence-electron chi connectivity index (χ4n) is 1.52. The summed E-state index contributed by atoms with van der Waals surface area (Å²) in [6.45, 7) is 7.79. The molecule has 0 atom stereocenters. The second-order valence-corrected chi connectivity index (χ2v) is 5.79. The third-order valence-electron chi connectivity index (χ3n) is 2.12. The Morgan fingerprint density at radius 3 is 2.89 bits per heavy atom. The Kier molecular flexibility index (Phi) is 3.66. The molecule has 0 fully saturated rings. The number of ether oxygens (including phenoxy) is 2. The van der Waals surface area contributed by atoms with Crippen LogP contribution in [0.3, 0.4) is 0 Å². The Hall–Kier alpha value is -1.76. The van der Waals surface area contributed by atoms with Crippen molar-refractivity contribution in [3.05, 3.63) is 11.6 Å². The number of nitrogens with zero attached hydrogens (tertiary/aromatic N) is 2. The van der Waals surface area contributed by atoms with E-state index >= 15 is 0 Å². The van der Waals surface area contributed by atoms with Gasteiger partial charge in [-0.2, -0.15) is 0 Å². The largest absolute Gasteiger partial charge is 0.475 e. The molecular formula is C12H17N3O3S. The van der Waals surface area contributed by atoms with E-state index in [0.29, 0.717) is 18.2 Å². The van der Waals surface area contributed by atoms with E-state index in [9.17, 15) is 4.79 Å². The fourth-order valence-corrected chi connectivity index (χ4v) is 2.29. The number of carbonyl (C=O) groups is 1. The van der Waals surface area contributed by atoms with Crippen LogP contribution in [0.1, 0.15) is 27.7 Å². The number of thiazole rings is 1. The molecule has 7 heteroatoms. The lowest BCUT2D eigenvalue weighted by molar-refractivity contribution is 0.0635. The molecule has 0 saturated heterocycles. The van der Waals surface area contributed by atoms with Crippen molar-refractivity contribution < 1.29 is 14.3 Å². The normalized spacial score (nSPS) is 11.6. The predicted molar refractivity (Wildman–Crippen MR) is 74.1 cm³/mol. The van der Waals surface area contributed by atoms with Gasteiger partial charge in [0, 0.05) is 11.6 Å². The molecule has 6 nitrogen and oxygen atoms in total. The van der Waals surface area contributed by atoms with Crippen LogP contribution in [0.2, 0.25) is 0 Å². The van der Waals surface area contributed by atoms with Gasteiger partial charge in [-0.25, -0.2) is 9.31 Å². The number of hydrogen-bond donors (Lipinski definition) is 1. The molecule has 0 aliphatic rings. The van der Waals surface area contributed by atoms with Gasteiger partial charge in [-0.15, -0.1) is 16.4 Å². The first-order valence-corrected chi connectivity index (χ1v) is 6.87. The van der Waals surface area contributed by atoms with E-state index < -0.39 is 11.7 Å². The summed E-state index contributed by atoms with van der Waals surface area (Å²) >= 11 is 1.47. The third-order valence-corrected chi connectivity index (χ3v) is 3.00. The average Bonchev–Trinajstić information content (AvgIpc) is 2.80. The van der Waals surface area contributed by atoms with Gasteiger partial charge in [0.05, 0.1) is 6.61 Å². The highest BCUT2D eigenvalue weighted by Crippen LogP contribution is 2.32. The van der Waals surface area contributed by atoms with E-state index in [1.165, 1.54) is 11.3 Å². The summed E-state index contributed by atoms with van der Waals surface area (Å²) in [5.41, 5.74) is 0.00326. The van der Waals surface area contributed by atoms with Gasteiger partial charge in [0.1, 0.15) is 16.1 Å². The number of anilines is 1. The van der Waals surface area contributed by atoms with Gasteiger partial charge in [-0.3, -0.25) is 5.32 Å². The highest BCUT2D eigenvalue weighted by atomic mass is 32.1. The van der Waals surface area contributed by atoms with Crippen molar-refractivity contribution in [3.63, 3.8) is 0 Å². The van der Waals surface area contributed by atoms with Crippen LogP contribution >= 0.6 is 11.3 Å². The molecule has 1 N–H and O–H groups in total. The molecule has 1 amide bonds. The Balaban J connectivity index is 2.24. The van der Waals surface area contributed by atoms with Crippen LogP contribution in [-0.4, -0.2) is 27.9 Å². The van der Waals surface area contributed by atoms with Gasteiger partial charge in [-0.1, -0.05) is 0 Å². The number of hydrogen-bond acceptors (Lipinski definition) is 5. The van der Waals surface area contributed by atoms with Crippen molar-refractivity contribution in [1.82, 2.24) is 9.61 Å². The van der Waals surface area contributed by atoms with Crippen LogP contribution in [-0.2, 0) is 4.74 Å². The Morgan fingerprint density at radius 2 is 2.26 bits per heavy atom. The third kappa shape index (κ3) is 3.17. The Bertz CT molecular complexity index is 583. The lowest BCUT2D eigenvalue weighted by Gasteiger charge is -2.19. The lowest BCUT2D eigenvalue weighted by atomic mass is 10.2. The molecule has 2 rings (SSSR count). The molecule has 0 saturated carbocycles. The van der Waals surface area contributed by atoms with E-state index in [0.717, 1.165) is 4.83 Å². The summed E-state index contributed by atoms with van der Waals surface area (Å²) in [5, 5.41) is 8.84. The molecule has 2 aromatic rings. The molecule has 104 valence electrons. The standard InChI is InChI=1S/C12H17N3O3S/c1-5-17-9-8(10-15(14-9)6-7-19-10)13-11(16)18-12(2,3)4/h6-7H,5H2,1-4H3,(H,13,16). The summed E-state index contributed by atoms with van der Waals surface area (Å²) in [6, 6.07) is 0. The van der Waals surface area contributed by atoms with Gasteiger partial charge in [0.15, 0.2) is 0 Å². The molecule has 0 spiro atoms. The summed E-state index contributed by atoms with van der Waals surface area (Å²) in [5.74, 6) is 0.403. The second-order valence-electron chi connectivity index (χ2n) is 4.89. The number of carbonyl (C=O) groups excluding carboxylic acids is 1. The van der Waals surface area contributed by atoms with Crippen LogP contribution in [0.25, 0.3) is 4.83 Å². The zero-order valence-electron chi connectivity index (χ0n) is 11.4. The van der Waals surface area contributed by atoms with Crippen molar-refractivity contribution in [3.8, 4) is 5.88 Å². The van der Waals surface area contributed by atoms with E-state index in [1.54, 1.807) is 4.52 Å². The highest BCUT2D eigenvalue weighted by Gasteiger charge is 2.21. The fraction of sp³-hybridized carbons (Fsp3) is 0.500. The van der Waals surface area contributed by atoms with Crippen LogP contribution in [0, 0.1) is 0 Å². The molecule has 2 aromatic heterocycles. The van der Waals surface area contributed by atoms with Crippen LogP contribution in [0.5, 0.6) is 5.88 Å². The van der Waals surface area contributed by atoms with Crippen molar-refractivity contribution in [2.24, 2.45) is 0 Å². The molecule has 2 heterocycles. The number of nitrogens with one attached hydrogen (secondary N) is 1. The topological polar surface area (TPSA) is 64.9 Å². The zero-order valence-corrected chi connectivity index (χ0v) is 12.2. The minimum atomic E-state index is -0.544. The van der Waals surface area contributed by atoms with Gasteiger partial charge in [0.25, 0.3) is 5.88 Å². The van der Waals surface area contributed by atoms with Crippen LogP contribution < -0.4 is 10.1 Å². The van der Waals surface area contributed by atoms with Crippen LogP contribution in [0.15, 0.2) is 11.6 Å². The van der Waals surface area contributed by atoms with Gasteiger partial charge >= 0.3 is 6.09 Å². The maximum atomic E-state index is 11.8. The zero-order chi connectivity index (χ0) is 14.0. The summed E-state index contributed by atoms with van der Waals surface area (Å²) in [6.07, 6.45) is 1.29. The first-order chi connectivity index (χ1) is 8.90. The maximum absolute atomic E-state index is 11.8. The van der Waals surface area contributed by atoms with Crippen molar-refractivity contribution in [1.29, 1.82) is 0 Å². The van der Waals surface area contributed by atoms with Crippen LogP contribution in [0.4, 0.5) is 10.5 Å². The number of aromatic nitrogens is 2. The second kappa shape index (κ2) is 5.08. The van der Waals surface area contributed by atoms with Crippen molar-refractivity contribution >= 4 is 27.9 Å². The predicted octanol–water partition coefficient (Wildman–Crippen LogP) is 3.14. The SMILES string of the molecule is CCOc1nn2ccsc2c1NC(=O)OC(C)(C)C. The Morgan fingerprint density at radius 1 is 1.53 bits per heavy atom. The van der Waals surface area contributed by atoms with Gasteiger partial charge in [-0.05, 0) is 27.7 Å². The molecule has 0 aliphatic carbocycles. The van der Waals surface area contributed by atoms with Gasteiger partial charge in [0.2, 0.25) is 0 Å². The van der Waals surface area contributed by atoms with E-state index in [1.807, 2.05) is 39.3 Å². The molecule has 0 unspecified atom stereocenters. The summed E-state index contributed by atoms with van der Waals surface area (Å²) in [7, 11) is 0. The smallest absolute Gasteiger partial charge is 0.412 e. The number of amides is 1. The first-order valence-electron chi connectivity index (χ1n) is 5.99. The molecule has 0 bridgehead atoms. The molecule has 0 aliphatic heterocycles. The molecule has 0 radical (unpaired) electrons. The molecule has 19 heavy (non-hydrogen) atoms. The average molecular weight is 283 g/mol. The minimum Gasteiger partial charge on any atom is -0.475 e. The first kappa shape index (κ1) is 13.7. The summed E-state index contributed by atoms with van der Waals surface area (Å²) < 4.78 is 12.3. The molecular weight excluding hydrogens is 266 g/mol. The number of rotatable bonds is 3. The molecule has 0 aromatic carbocycles. The lowest BCUT2D eigenvalue weighted by Crippen LogP contribution is -2.27. The van der Waals surface area contributed by atoms with Gasteiger partial charge < -0.3 is 9.47 Å². The maximum Gasteiger partial charge on any atom is 0.412 e. The summed E-state index contributed by atoms with van der Waals surface area (Å²) in [4.78, 5) is 12.6. The minimum absolute atomic E-state index is 0.403. The van der Waals surface area contributed by atoms with E-state index in [2.05, 4.69) is 10.4 Å². The Labute approximate surface area is 115 Å². The quantitative estimate of drug-likeness (QED) is 0.939. The van der Waals surface area contributed by atoms with Crippen molar-refractivity contribution in [2.75, 3.05) is 11.9 Å². The van der Waals surface area contributed by atoms with Crippen molar-refractivity contribution in [2.45, 2.75) is 33.3 Å². The van der Waals surface area contributed by atoms with E-state index in [4.69, 9.17) is 9.47 Å². The number of fused-ring (bicyclic) bond motifs is 1.